The van der Waals surface area contributed by atoms with Crippen LogP contribution in [0.3, 0.4) is 0 Å². The third kappa shape index (κ3) is 16.1. The van der Waals surface area contributed by atoms with E-state index in [4.69, 9.17) is 32.8 Å². The van der Waals surface area contributed by atoms with Crippen molar-refractivity contribution in [2.24, 2.45) is 35.5 Å². The van der Waals surface area contributed by atoms with Gasteiger partial charge in [-0.2, -0.15) is 0 Å². The first-order valence-electron chi connectivity index (χ1n) is 26.7. The van der Waals surface area contributed by atoms with Gasteiger partial charge in [0.25, 0.3) is 11.7 Å². The molecule has 2 amide bonds. The number of carbonyl (C=O) groups excluding carboxylic acids is 6. The van der Waals surface area contributed by atoms with E-state index < -0.39 is 102 Å². The fourth-order valence-corrected chi connectivity index (χ4v) is 11.0. The van der Waals surface area contributed by atoms with Crippen molar-refractivity contribution >= 4 is 35.3 Å². The molecule has 17 nitrogen and oxygen atoms in total. The van der Waals surface area contributed by atoms with Crippen LogP contribution in [0, 0.1) is 35.5 Å². The highest BCUT2D eigenvalue weighted by molar-refractivity contribution is 6.39. The topological polar surface area (TPSA) is 227 Å². The molecule has 3 aliphatic heterocycles. The number of aliphatic hydroxyl groups excluding tert-OH is 1. The Morgan fingerprint density at radius 2 is 1.65 bits per heavy atom. The van der Waals surface area contributed by atoms with E-state index in [0.717, 1.165) is 5.57 Å². The van der Waals surface area contributed by atoms with Gasteiger partial charge in [0.05, 0.1) is 31.1 Å². The first-order chi connectivity index (χ1) is 35.2. The number of fused-ring (bicyclic) bond motifs is 3. The Morgan fingerprint density at radius 1 is 0.892 bits per heavy atom. The van der Waals surface area contributed by atoms with E-state index in [9.17, 15) is 39.0 Å². The van der Waals surface area contributed by atoms with Gasteiger partial charge in [0.15, 0.2) is 5.78 Å². The lowest BCUT2D eigenvalue weighted by atomic mass is 9.78. The number of carbonyl (C=O) groups is 6. The zero-order valence-corrected chi connectivity index (χ0v) is 45.3. The van der Waals surface area contributed by atoms with E-state index in [1.54, 1.807) is 53.2 Å². The number of nitrogens with one attached hydrogen (secondary N) is 1. The van der Waals surface area contributed by atoms with Crippen molar-refractivity contribution in [2.45, 2.75) is 187 Å². The zero-order chi connectivity index (χ0) is 54.3. The van der Waals surface area contributed by atoms with Gasteiger partial charge < -0.3 is 53.3 Å². The number of Topliss-reactive ketones (excluding diaryl/α,β-unsaturated/α-hetero) is 3. The molecule has 15 atom stereocenters. The van der Waals surface area contributed by atoms with Gasteiger partial charge in [-0.3, -0.25) is 19.2 Å². The van der Waals surface area contributed by atoms with Crippen molar-refractivity contribution in [3.05, 3.63) is 71.8 Å². The second-order valence-corrected chi connectivity index (χ2v) is 21.4. The molecule has 412 valence electrons. The Labute approximate surface area is 437 Å². The summed E-state index contributed by atoms with van der Waals surface area (Å²) < 4.78 is 40.9. The van der Waals surface area contributed by atoms with Crippen LogP contribution in [0.1, 0.15) is 131 Å². The van der Waals surface area contributed by atoms with Gasteiger partial charge in [0.2, 0.25) is 5.79 Å². The number of furan rings is 1. The minimum Gasteiger partial charge on any atom is -0.467 e. The standard InChI is InChI=1S/C57H84N2O15/c1-34-17-12-11-13-18-35(2)47(68-8)31-42-23-21-40(7)57(67,74-42)53(63)54(64)59-25-15-14-20-44(59)55(65)72-48(32-45(60)36(3)28-39(6)51(62)52(70-10)50(61)38(5)27-34)37(4)29-41-22-24-46(49(30-41)69-9)73-56(66)58-33-43-19-16-26-71-43/h11-13,16-19,26,28,34,36-38,40-42,44,46-49,51-52,62,67H,14-15,20-25,27,29-33H2,1-10H3,(H,58,66)/b13-11+,17-12-,35-18+,39-28+/t34-,36-,37-,38-,40-,41?,42+,44+,46+,47+,48+,49+,51-,52+,57-/m1/s1. The Balaban J connectivity index is 1.42. The number of methoxy groups -OCH3 is 3. The predicted octanol–water partition coefficient (Wildman–Crippen LogP) is 7.71. The molecule has 0 aromatic carbocycles. The summed E-state index contributed by atoms with van der Waals surface area (Å²) in [5.41, 5.74) is 1.24. The average molecular weight is 1040 g/mol. The SMILES string of the molecule is CO[C@H]1C[C@@H]2CC[C@@H](C)[C@@](O)(O2)C(=O)C(=O)N2CCCC[C@H]2C(=O)O[C@H]([C@H](C)CC2CC[C@H](OC(=O)NCc3ccco3)[C@@H](OC)C2)CC(=O)[C@H](C)/C=C(\C)[C@@H](O)[C@@H](OC)C(=O)[C@H](C)C[C@H](C)\C=C/C=C/C=C/1C. The average Bonchev–Trinajstić information content (AvgIpc) is 3.91. The molecule has 2 bridgehead atoms. The number of esters is 1. The Kier molecular flexibility index (Phi) is 23.0. The van der Waals surface area contributed by atoms with Gasteiger partial charge in [-0.05, 0) is 119 Å². The van der Waals surface area contributed by atoms with Gasteiger partial charge >= 0.3 is 12.1 Å². The molecular weight excluding hydrogens is 953 g/mol. The number of amides is 2. The van der Waals surface area contributed by atoms with Crippen molar-refractivity contribution < 1.29 is 71.8 Å². The maximum atomic E-state index is 14.6. The molecule has 0 spiro atoms. The summed E-state index contributed by atoms with van der Waals surface area (Å²) in [5, 5.41) is 26.2. The fraction of sp³-hybridized carbons (Fsp3) is 0.684. The Hall–Kier alpha value is -4.78. The number of nitrogens with zero attached hydrogens (tertiary/aromatic N) is 1. The number of piperidine rings is 1. The first kappa shape index (κ1) is 60.1. The lowest BCUT2D eigenvalue weighted by Crippen LogP contribution is -2.61. The molecule has 3 N–H and O–H groups in total. The zero-order valence-electron chi connectivity index (χ0n) is 45.3. The molecule has 3 fully saturated rings. The van der Waals surface area contributed by atoms with Gasteiger partial charge in [-0.25, -0.2) is 9.59 Å². The normalized spacial score (nSPS) is 36.8. The van der Waals surface area contributed by atoms with E-state index in [0.29, 0.717) is 75.5 Å². The minimum absolute atomic E-state index is 0.00188. The van der Waals surface area contributed by atoms with Gasteiger partial charge in [-0.15, -0.1) is 0 Å². The number of cyclic esters (lactones) is 1. The maximum Gasteiger partial charge on any atom is 0.407 e. The summed E-state index contributed by atoms with van der Waals surface area (Å²) >= 11 is 0. The van der Waals surface area contributed by atoms with Crippen LogP contribution in [0.25, 0.3) is 0 Å². The van der Waals surface area contributed by atoms with Crippen LogP contribution in [0.2, 0.25) is 0 Å². The lowest BCUT2D eigenvalue weighted by molar-refractivity contribution is -0.265. The van der Waals surface area contributed by atoms with E-state index >= 15 is 0 Å². The quantitative estimate of drug-likeness (QED) is 0.122. The highest BCUT2D eigenvalue weighted by atomic mass is 16.6. The van der Waals surface area contributed by atoms with Crippen LogP contribution in [-0.4, -0.2) is 133 Å². The molecular formula is C57H84N2O15. The summed E-state index contributed by atoms with van der Waals surface area (Å²) in [4.78, 5) is 85.3. The van der Waals surface area contributed by atoms with Crippen LogP contribution in [0.15, 0.2) is 70.4 Å². The highest BCUT2D eigenvalue weighted by Gasteiger charge is 2.53. The number of alkyl carbamates (subject to hydrolysis) is 1. The van der Waals surface area contributed by atoms with E-state index in [-0.39, 0.29) is 49.3 Å². The van der Waals surface area contributed by atoms with Crippen LogP contribution in [0.5, 0.6) is 0 Å². The molecule has 1 aliphatic carbocycles. The van der Waals surface area contributed by atoms with Crippen molar-refractivity contribution in [3.8, 4) is 0 Å². The highest BCUT2D eigenvalue weighted by Crippen LogP contribution is 2.38. The van der Waals surface area contributed by atoms with Crippen LogP contribution in [0.4, 0.5) is 4.79 Å². The predicted molar refractivity (Wildman–Crippen MR) is 275 cm³/mol. The van der Waals surface area contributed by atoms with Crippen molar-refractivity contribution in [2.75, 3.05) is 27.9 Å². The molecule has 1 aromatic rings. The molecule has 4 heterocycles. The molecule has 1 unspecified atom stereocenters. The first-order valence-corrected chi connectivity index (χ1v) is 26.7. The number of aliphatic hydroxyl groups is 2. The van der Waals surface area contributed by atoms with Crippen molar-refractivity contribution in [1.82, 2.24) is 10.2 Å². The second kappa shape index (κ2) is 28.4. The molecule has 4 aliphatic rings. The molecule has 5 rings (SSSR count). The Bertz CT molecular complexity index is 2170. The smallest absolute Gasteiger partial charge is 0.407 e. The molecule has 74 heavy (non-hydrogen) atoms. The Morgan fingerprint density at radius 3 is 2.34 bits per heavy atom. The van der Waals surface area contributed by atoms with E-state index in [1.807, 2.05) is 58.1 Å². The van der Waals surface area contributed by atoms with Gasteiger partial charge in [0.1, 0.15) is 42.0 Å². The molecule has 1 saturated carbocycles. The molecule has 0 radical (unpaired) electrons. The van der Waals surface area contributed by atoms with Crippen molar-refractivity contribution in [1.29, 1.82) is 0 Å². The summed E-state index contributed by atoms with van der Waals surface area (Å²) in [5.74, 6) is -7.79. The number of hydrogen-bond donors (Lipinski definition) is 3. The minimum atomic E-state index is -2.46. The van der Waals surface area contributed by atoms with Gasteiger partial charge in [0, 0.05) is 58.5 Å². The molecule has 17 heteroatoms. The summed E-state index contributed by atoms with van der Waals surface area (Å²) in [7, 11) is 4.50. The number of ketones is 3. The number of rotatable bonds is 9. The molecule has 1 aromatic heterocycles. The van der Waals surface area contributed by atoms with E-state index in [1.165, 1.54) is 18.3 Å². The van der Waals surface area contributed by atoms with Crippen molar-refractivity contribution in [3.63, 3.8) is 0 Å². The summed E-state index contributed by atoms with van der Waals surface area (Å²) in [6.07, 6.45) is 11.4. The lowest BCUT2D eigenvalue weighted by Gasteiger charge is -2.42. The fourth-order valence-electron chi connectivity index (χ4n) is 11.0. The summed E-state index contributed by atoms with van der Waals surface area (Å²) in [6.45, 7) is 12.8. The van der Waals surface area contributed by atoms with E-state index in [2.05, 4.69) is 5.32 Å². The third-order valence-corrected chi connectivity index (χ3v) is 15.7. The maximum absolute atomic E-state index is 14.6. The van der Waals surface area contributed by atoms with Gasteiger partial charge in [-0.1, -0.05) is 71.1 Å². The second-order valence-electron chi connectivity index (χ2n) is 21.4. The molecule has 2 saturated heterocycles. The van der Waals surface area contributed by atoms with Crippen LogP contribution in [-0.2, 0) is 58.9 Å². The number of ether oxygens (including phenoxy) is 6. The third-order valence-electron chi connectivity index (χ3n) is 15.7. The number of hydrogen-bond acceptors (Lipinski definition) is 15. The van der Waals surface area contributed by atoms with Crippen LogP contribution < -0.4 is 5.32 Å². The monoisotopic (exact) mass is 1040 g/mol. The largest absolute Gasteiger partial charge is 0.467 e. The number of allylic oxidation sites excluding steroid dienone is 6. The van der Waals surface area contributed by atoms with Crippen LogP contribution >= 0.6 is 0 Å². The summed E-state index contributed by atoms with van der Waals surface area (Å²) in [6, 6.07) is 2.29.